The lowest BCUT2D eigenvalue weighted by molar-refractivity contribution is 0.333. The largest absolute Gasteiger partial charge is 0.417 e. The van der Waals surface area contributed by atoms with Gasteiger partial charge in [0.15, 0.2) is 5.58 Å². The summed E-state index contributed by atoms with van der Waals surface area (Å²) in [6.45, 7) is 0.596. The van der Waals surface area contributed by atoms with Gasteiger partial charge >= 0.3 is 5.76 Å². The van der Waals surface area contributed by atoms with Crippen molar-refractivity contribution in [3.05, 3.63) is 56.4 Å². The fraction of sp³-hybridized carbons (Fsp3) is 0.421. The third-order valence-corrected chi connectivity index (χ3v) is 8.57. The van der Waals surface area contributed by atoms with Crippen LogP contribution in [0.2, 0.25) is 0 Å². The number of rotatable bonds is 4. The summed E-state index contributed by atoms with van der Waals surface area (Å²) in [4.78, 5) is 26.5. The van der Waals surface area contributed by atoms with E-state index in [2.05, 4.69) is 10.1 Å². The lowest BCUT2D eigenvalue weighted by atomic mass is 10.2. The Labute approximate surface area is 176 Å². The molecule has 1 unspecified atom stereocenters. The molecule has 1 aromatic carbocycles. The molecule has 0 radical (unpaired) electrons. The van der Waals surface area contributed by atoms with Gasteiger partial charge in [-0.1, -0.05) is 0 Å². The number of nitrogens with zero attached hydrogens (tertiary/aromatic N) is 3. The average Bonchev–Trinajstić information content (AvgIpc) is 3.33. The van der Waals surface area contributed by atoms with Crippen LogP contribution in [0.1, 0.15) is 24.1 Å². The van der Waals surface area contributed by atoms with Crippen LogP contribution in [0.3, 0.4) is 0 Å². The van der Waals surface area contributed by atoms with E-state index in [1.807, 2.05) is 0 Å². The van der Waals surface area contributed by atoms with Gasteiger partial charge in [0.25, 0.3) is 5.56 Å². The highest BCUT2D eigenvalue weighted by Gasteiger charge is 2.36. The lowest BCUT2D eigenvalue weighted by Gasteiger charge is -2.25. The van der Waals surface area contributed by atoms with Crippen LogP contribution in [-0.2, 0) is 28.7 Å². The number of aromatic amines is 1. The lowest BCUT2D eigenvalue weighted by Crippen LogP contribution is -2.41. The number of aromatic nitrogens is 3. The molecule has 0 saturated carbocycles. The number of fused-ring (bicyclic) bond motifs is 2. The summed E-state index contributed by atoms with van der Waals surface area (Å²) in [6, 6.07) is 5.61. The Bertz CT molecular complexity index is 1340. The second-order valence-corrected chi connectivity index (χ2v) is 10.5. The molecule has 2 aromatic heterocycles. The van der Waals surface area contributed by atoms with Crippen molar-refractivity contribution in [1.29, 1.82) is 0 Å². The number of sulfonamides is 1. The molecule has 4 heterocycles. The maximum absolute atomic E-state index is 13.3. The van der Waals surface area contributed by atoms with Gasteiger partial charge in [-0.05, 0) is 36.3 Å². The van der Waals surface area contributed by atoms with Crippen molar-refractivity contribution in [3.63, 3.8) is 0 Å². The molecule has 5 rings (SSSR count). The Hall–Kier alpha value is -2.37. The zero-order valence-electron chi connectivity index (χ0n) is 16.0. The van der Waals surface area contributed by atoms with Gasteiger partial charge in [0.05, 0.1) is 22.7 Å². The van der Waals surface area contributed by atoms with Crippen molar-refractivity contribution in [1.82, 2.24) is 19.1 Å². The van der Waals surface area contributed by atoms with E-state index in [-0.39, 0.29) is 28.6 Å². The van der Waals surface area contributed by atoms with Crippen LogP contribution in [0.4, 0.5) is 0 Å². The minimum absolute atomic E-state index is 0.0624. The summed E-state index contributed by atoms with van der Waals surface area (Å²) in [7, 11) is -3.81. The van der Waals surface area contributed by atoms with E-state index in [9.17, 15) is 18.0 Å². The molecule has 30 heavy (non-hydrogen) atoms. The van der Waals surface area contributed by atoms with Crippen molar-refractivity contribution in [3.8, 4) is 0 Å². The summed E-state index contributed by atoms with van der Waals surface area (Å²) in [5.74, 6) is 1.13. The summed E-state index contributed by atoms with van der Waals surface area (Å²) in [6.07, 6.45) is 2.18. The molecule has 0 bridgehead atoms. The van der Waals surface area contributed by atoms with E-state index in [0.717, 1.165) is 29.2 Å². The van der Waals surface area contributed by atoms with Crippen LogP contribution < -0.4 is 11.3 Å². The standard InChI is InChI=1S/C19H20N4O5S2/c24-18-8-12-11-29-7-5-15(12)21-22(18)10-13-2-1-6-23(13)30(26,27)14-3-4-16-17(9-14)28-19(25)20-16/h3-4,8-9,13H,1-2,5-7,10-11H2,(H,20,25). The highest BCUT2D eigenvalue weighted by Crippen LogP contribution is 2.28. The molecule has 1 saturated heterocycles. The molecule has 1 fully saturated rings. The minimum atomic E-state index is -3.81. The number of thioether (sulfide) groups is 1. The molecular weight excluding hydrogens is 428 g/mol. The van der Waals surface area contributed by atoms with Gasteiger partial charge < -0.3 is 4.42 Å². The summed E-state index contributed by atoms with van der Waals surface area (Å²) < 4.78 is 34.4. The van der Waals surface area contributed by atoms with Crippen molar-refractivity contribution < 1.29 is 12.8 Å². The predicted molar refractivity (Wildman–Crippen MR) is 112 cm³/mol. The van der Waals surface area contributed by atoms with Gasteiger partial charge in [-0.2, -0.15) is 21.2 Å². The topological polar surface area (TPSA) is 118 Å². The molecule has 0 amide bonds. The van der Waals surface area contributed by atoms with Crippen LogP contribution >= 0.6 is 11.8 Å². The number of nitrogens with one attached hydrogen (secondary N) is 1. The molecule has 0 aliphatic carbocycles. The minimum Gasteiger partial charge on any atom is -0.408 e. The van der Waals surface area contributed by atoms with E-state index in [1.165, 1.54) is 27.2 Å². The Morgan fingerprint density at radius 3 is 3.00 bits per heavy atom. The Morgan fingerprint density at radius 1 is 1.27 bits per heavy atom. The highest BCUT2D eigenvalue weighted by atomic mass is 32.2. The fourth-order valence-electron chi connectivity index (χ4n) is 4.11. The highest BCUT2D eigenvalue weighted by molar-refractivity contribution is 7.98. The van der Waals surface area contributed by atoms with Gasteiger partial charge in [0, 0.05) is 36.9 Å². The van der Waals surface area contributed by atoms with E-state index >= 15 is 0 Å². The van der Waals surface area contributed by atoms with Crippen molar-refractivity contribution in [2.24, 2.45) is 0 Å². The third kappa shape index (κ3) is 3.40. The monoisotopic (exact) mass is 448 g/mol. The van der Waals surface area contributed by atoms with E-state index in [1.54, 1.807) is 17.8 Å². The second-order valence-electron chi connectivity index (χ2n) is 7.52. The van der Waals surface area contributed by atoms with E-state index < -0.39 is 15.8 Å². The molecule has 2 aliphatic rings. The number of benzene rings is 1. The van der Waals surface area contributed by atoms with Crippen molar-refractivity contribution in [2.45, 2.75) is 42.5 Å². The Kier molecular flexibility index (Phi) is 4.83. The smallest absolute Gasteiger partial charge is 0.408 e. The van der Waals surface area contributed by atoms with Crippen LogP contribution in [0, 0.1) is 0 Å². The molecule has 1 N–H and O–H groups in total. The number of aryl methyl sites for hydroxylation is 1. The quantitative estimate of drug-likeness (QED) is 0.639. The van der Waals surface area contributed by atoms with Crippen molar-refractivity contribution >= 4 is 32.9 Å². The predicted octanol–water partition coefficient (Wildman–Crippen LogP) is 1.32. The summed E-state index contributed by atoms with van der Waals surface area (Å²) >= 11 is 1.78. The van der Waals surface area contributed by atoms with Crippen LogP contribution in [-0.4, -0.2) is 45.8 Å². The first kappa shape index (κ1) is 19.6. The average molecular weight is 449 g/mol. The summed E-state index contributed by atoms with van der Waals surface area (Å²) in [5.41, 5.74) is 2.34. The van der Waals surface area contributed by atoms with Gasteiger partial charge in [-0.25, -0.2) is 17.9 Å². The zero-order chi connectivity index (χ0) is 20.9. The fourth-order valence-corrected chi connectivity index (χ4v) is 6.77. The molecular formula is C19H20N4O5S2. The van der Waals surface area contributed by atoms with Gasteiger partial charge in [-0.3, -0.25) is 9.78 Å². The Balaban J connectivity index is 1.45. The summed E-state index contributed by atoms with van der Waals surface area (Å²) in [5, 5.41) is 4.52. The maximum Gasteiger partial charge on any atom is 0.417 e. The first-order valence-electron chi connectivity index (χ1n) is 9.74. The number of H-pyrrole nitrogens is 1. The third-order valence-electron chi connectivity index (χ3n) is 5.61. The normalized spacial score (nSPS) is 19.9. The number of hydrogen-bond acceptors (Lipinski definition) is 7. The zero-order valence-corrected chi connectivity index (χ0v) is 17.7. The molecule has 1 atom stereocenters. The maximum atomic E-state index is 13.3. The first-order valence-corrected chi connectivity index (χ1v) is 12.3. The van der Waals surface area contributed by atoms with Gasteiger partial charge in [0.1, 0.15) is 0 Å². The van der Waals surface area contributed by atoms with Crippen LogP contribution in [0.5, 0.6) is 0 Å². The molecule has 2 aliphatic heterocycles. The second kappa shape index (κ2) is 7.40. The Morgan fingerprint density at radius 2 is 2.13 bits per heavy atom. The van der Waals surface area contributed by atoms with Crippen LogP contribution in [0.25, 0.3) is 11.1 Å². The molecule has 9 nitrogen and oxygen atoms in total. The first-order chi connectivity index (χ1) is 14.4. The van der Waals surface area contributed by atoms with Crippen LogP contribution in [0.15, 0.2) is 43.2 Å². The van der Waals surface area contributed by atoms with E-state index in [0.29, 0.717) is 24.9 Å². The molecule has 0 spiro atoms. The van der Waals surface area contributed by atoms with E-state index in [4.69, 9.17) is 4.42 Å². The molecule has 158 valence electrons. The number of hydrogen-bond donors (Lipinski definition) is 1. The molecule has 3 aromatic rings. The van der Waals surface area contributed by atoms with Gasteiger partial charge in [-0.15, -0.1) is 0 Å². The van der Waals surface area contributed by atoms with Gasteiger partial charge in [0.2, 0.25) is 10.0 Å². The van der Waals surface area contributed by atoms with Crippen molar-refractivity contribution in [2.75, 3.05) is 12.3 Å². The number of oxazole rings is 1. The SMILES string of the molecule is O=c1[nH]c2ccc(S(=O)(=O)N3CCCC3Cn3nc4c(cc3=O)CSCC4)cc2o1. The molecule has 11 heteroatoms.